The van der Waals surface area contributed by atoms with Gasteiger partial charge in [-0.2, -0.15) is 0 Å². The second kappa shape index (κ2) is 17.1. The van der Waals surface area contributed by atoms with Crippen LogP contribution < -0.4 is 20.9 Å². The van der Waals surface area contributed by atoms with Gasteiger partial charge in [0, 0.05) is 49.8 Å². The largest absolute Gasteiger partial charge is 0.466 e. The Bertz CT molecular complexity index is 3980. The van der Waals surface area contributed by atoms with Crippen molar-refractivity contribution in [3.8, 4) is 22.3 Å². The summed E-state index contributed by atoms with van der Waals surface area (Å²) in [5, 5.41) is 3.60. The first-order valence-corrected chi connectivity index (χ1v) is 28.0. The molecule has 0 saturated carbocycles. The van der Waals surface area contributed by atoms with Crippen LogP contribution in [0.4, 0.5) is 34.1 Å². The van der Waals surface area contributed by atoms with Crippen molar-refractivity contribution in [2.75, 3.05) is 9.80 Å². The molecule has 10 aromatic rings. The van der Waals surface area contributed by atoms with Gasteiger partial charge in [-0.3, -0.25) is 0 Å². The van der Waals surface area contributed by atoms with Gasteiger partial charge in [0.1, 0.15) is 11.2 Å². The van der Waals surface area contributed by atoms with Crippen molar-refractivity contribution >= 4 is 84.9 Å². The number of benzene rings is 8. The highest BCUT2D eigenvalue weighted by Crippen LogP contribution is 2.53. The summed E-state index contributed by atoms with van der Waals surface area (Å²) < 4.78 is 10.3. The lowest BCUT2D eigenvalue weighted by Crippen LogP contribution is -2.56. The minimum Gasteiger partial charge on any atom is -0.466 e. The Morgan fingerprint density at radius 3 is 1.60 bits per heavy atom. The second-order valence-corrected chi connectivity index (χ2v) is 27.7. The topological polar surface area (TPSA) is 24.6 Å². The maximum absolute atomic E-state index is 7.58. The van der Waals surface area contributed by atoms with E-state index < -0.39 is 0 Å². The Morgan fingerprint density at radius 1 is 0.468 bits per heavy atom. The molecule has 0 spiro atoms. The van der Waals surface area contributed by atoms with E-state index in [9.17, 15) is 0 Å². The summed E-state index contributed by atoms with van der Waals surface area (Å²) in [6.45, 7) is 39.0. The first-order chi connectivity index (χ1) is 36.2. The smallest absolute Gasteiger partial charge is 0.375 e. The lowest BCUT2D eigenvalue weighted by atomic mass is 9.47. The van der Waals surface area contributed by atoms with E-state index >= 15 is 0 Å². The number of rotatable bonds is 5. The van der Waals surface area contributed by atoms with Crippen molar-refractivity contribution in [3.05, 3.63) is 191 Å². The van der Waals surface area contributed by atoms with E-state index in [1.165, 1.54) is 106 Å². The van der Waals surface area contributed by atoms with Crippen LogP contribution in [0.15, 0.2) is 156 Å². The van der Waals surface area contributed by atoms with E-state index in [2.05, 4.69) is 284 Å². The third kappa shape index (κ3) is 8.16. The van der Waals surface area contributed by atoms with E-state index in [1.807, 2.05) is 0 Å². The van der Waals surface area contributed by atoms with E-state index in [1.54, 1.807) is 0 Å². The monoisotopic (exact) mass is 1010 g/mol. The lowest BCUT2D eigenvalue weighted by molar-refractivity contribution is 0.590. The summed E-state index contributed by atoms with van der Waals surface area (Å²) in [6.07, 6.45) is 0. The van der Waals surface area contributed by atoms with Crippen molar-refractivity contribution in [1.29, 1.82) is 0 Å². The summed E-state index contributed by atoms with van der Waals surface area (Å²) in [7, 11) is 0. The van der Waals surface area contributed by atoms with E-state index in [-0.39, 0.29) is 33.9 Å². The SMILES string of the molecule is Cc1cccc(C)c1N(c1ccc(C(C)(C)C)cc1)c1ccc2c3c1c1cc(C(C)(C)C)ccc1n3B1c3oc4ccc(-c5ccc(C(C)(C)C)cc5)cc4c3N(c3ccc(C(C)(C)C)cc3)c3cc(C(C)(C)C)cc-2c31. The van der Waals surface area contributed by atoms with Crippen LogP contribution in [-0.2, 0) is 27.1 Å². The first-order valence-electron chi connectivity index (χ1n) is 28.0. The Kier molecular flexibility index (Phi) is 11.3. The molecule has 4 nitrogen and oxygen atoms in total. The summed E-state index contributed by atoms with van der Waals surface area (Å²) in [6, 6.07) is 58.6. The van der Waals surface area contributed by atoms with Crippen molar-refractivity contribution in [3.63, 3.8) is 0 Å². The quantitative estimate of drug-likeness (QED) is 0.161. The number of nitrogens with zero attached hydrogens (tertiary/aromatic N) is 3. The fourth-order valence-electron chi connectivity index (χ4n) is 12.5. The Labute approximate surface area is 458 Å². The fraction of sp³-hybridized carbons (Fsp3) is 0.306. The molecular formula is C72H76BN3O. The van der Waals surface area contributed by atoms with Crippen LogP contribution in [0.25, 0.3) is 55.0 Å². The molecule has 0 amide bonds. The number of aryl methyl sites for hydroxylation is 2. The zero-order valence-electron chi connectivity index (χ0n) is 48.8. The third-order valence-corrected chi connectivity index (χ3v) is 17.0. The van der Waals surface area contributed by atoms with Gasteiger partial charge in [-0.25, -0.2) is 0 Å². The standard InChI is InChI=1S/C72H76BN3O/c1-43-19-18-20-44(2)64(43)74(52-31-26-48(27-32-52)69(6,7)8)59-37-35-54-55-41-51(72(15,16)17)42-60-63(55)73(76-58-36-30-50(71(12,13)14)40-56(58)62(59)65(54)76)67-66(75(60)53-33-28-49(29-34-53)70(9,10)11)57-39-46(23-38-61(57)77-67)45-21-24-47(25-22-45)68(3,4)5/h18-42H,1-17H3. The number of hydrogen-bond donors (Lipinski definition) is 0. The molecule has 0 saturated heterocycles. The number of aromatic nitrogens is 1. The zero-order chi connectivity index (χ0) is 54.6. The molecule has 77 heavy (non-hydrogen) atoms. The highest BCUT2D eigenvalue weighted by Gasteiger charge is 2.47. The molecule has 12 rings (SSSR count). The van der Waals surface area contributed by atoms with Crippen LogP contribution in [0.1, 0.15) is 143 Å². The van der Waals surface area contributed by atoms with Crippen LogP contribution in [0.2, 0.25) is 0 Å². The van der Waals surface area contributed by atoms with Crippen molar-refractivity contribution in [2.45, 2.75) is 145 Å². The third-order valence-electron chi connectivity index (χ3n) is 17.0. The Hall–Kier alpha value is -7.24. The van der Waals surface area contributed by atoms with Crippen molar-refractivity contribution < 1.29 is 4.42 Å². The molecular weight excluding hydrogens is 934 g/mol. The highest BCUT2D eigenvalue weighted by molar-refractivity contribution is 6.89. The Balaban J connectivity index is 1.22. The second-order valence-electron chi connectivity index (χ2n) is 27.7. The number of para-hydroxylation sites is 1. The van der Waals surface area contributed by atoms with Crippen LogP contribution in [0.3, 0.4) is 0 Å². The molecule has 0 aliphatic carbocycles. The van der Waals surface area contributed by atoms with Gasteiger partial charge in [-0.05, 0) is 163 Å². The predicted molar refractivity (Wildman–Crippen MR) is 333 cm³/mol. The van der Waals surface area contributed by atoms with Gasteiger partial charge in [0.25, 0.3) is 0 Å². The average Bonchev–Trinajstić information content (AvgIpc) is 4.00. The molecule has 2 aliphatic heterocycles. The number of furan rings is 1. The molecule has 5 heteroatoms. The lowest BCUT2D eigenvalue weighted by Gasteiger charge is -2.40. The normalized spacial score (nSPS) is 13.7. The van der Waals surface area contributed by atoms with Gasteiger partial charge >= 0.3 is 6.85 Å². The number of hydrogen-bond acceptors (Lipinski definition) is 3. The Morgan fingerprint density at radius 2 is 1.01 bits per heavy atom. The van der Waals surface area contributed by atoms with Gasteiger partial charge in [-0.15, -0.1) is 0 Å². The van der Waals surface area contributed by atoms with E-state index in [0.717, 1.165) is 33.7 Å². The minimum absolute atomic E-state index is 0.00140. The molecule has 0 radical (unpaired) electrons. The molecule has 0 N–H and O–H groups in total. The van der Waals surface area contributed by atoms with Gasteiger partial charge in [0.2, 0.25) is 0 Å². The summed E-state index contributed by atoms with van der Waals surface area (Å²) >= 11 is 0. The molecule has 8 aromatic carbocycles. The van der Waals surface area contributed by atoms with Gasteiger partial charge in [-0.1, -0.05) is 195 Å². The summed E-state index contributed by atoms with van der Waals surface area (Å²) in [4.78, 5) is 5.11. The van der Waals surface area contributed by atoms with Gasteiger partial charge in [0.05, 0.1) is 17.1 Å². The average molecular weight is 1010 g/mol. The molecule has 0 fully saturated rings. The summed E-state index contributed by atoms with van der Waals surface area (Å²) in [5.74, 6) is 0. The molecule has 0 atom stereocenters. The van der Waals surface area contributed by atoms with Crippen LogP contribution >= 0.6 is 0 Å². The van der Waals surface area contributed by atoms with Crippen LogP contribution in [-0.4, -0.2) is 11.3 Å². The zero-order valence-corrected chi connectivity index (χ0v) is 48.8. The van der Waals surface area contributed by atoms with E-state index in [4.69, 9.17) is 4.42 Å². The van der Waals surface area contributed by atoms with Gasteiger partial charge in [0.15, 0.2) is 0 Å². The van der Waals surface area contributed by atoms with Crippen molar-refractivity contribution in [2.24, 2.45) is 0 Å². The maximum Gasteiger partial charge on any atom is 0.375 e. The highest BCUT2D eigenvalue weighted by atomic mass is 16.3. The van der Waals surface area contributed by atoms with Gasteiger partial charge < -0.3 is 18.7 Å². The molecule has 0 unspecified atom stereocenters. The predicted octanol–water partition coefficient (Wildman–Crippen LogP) is 19.2. The molecule has 0 bridgehead atoms. The van der Waals surface area contributed by atoms with E-state index in [0.29, 0.717) is 0 Å². The summed E-state index contributed by atoms with van der Waals surface area (Å²) in [5.41, 5.74) is 26.2. The number of anilines is 6. The number of fused-ring (bicyclic) bond motifs is 9. The first kappa shape index (κ1) is 50.6. The minimum atomic E-state index is -0.279. The molecule has 2 aliphatic rings. The van der Waals surface area contributed by atoms with Crippen LogP contribution in [0, 0.1) is 13.8 Å². The molecule has 4 heterocycles. The molecule has 388 valence electrons. The fourth-order valence-corrected chi connectivity index (χ4v) is 12.5. The van der Waals surface area contributed by atoms with Crippen molar-refractivity contribution in [1.82, 2.24) is 4.48 Å². The molecule has 2 aromatic heterocycles. The van der Waals surface area contributed by atoms with Crippen LogP contribution in [0.5, 0.6) is 0 Å². The maximum atomic E-state index is 7.58.